The van der Waals surface area contributed by atoms with E-state index in [0.29, 0.717) is 37.7 Å². The van der Waals surface area contributed by atoms with E-state index in [9.17, 15) is 4.79 Å². The fourth-order valence-electron chi connectivity index (χ4n) is 4.15. The van der Waals surface area contributed by atoms with Gasteiger partial charge in [-0.25, -0.2) is 4.68 Å². The van der Waals surface area contributed by atoms with Crippen LogP contribution in [0.25, 0.3) is 11.4 Å². The molecule has 9 heteroatoms. The Hall–Kier alpha value is -2.10. The van der Waals surface area contributed by atoms with Crippen molar-refractivity contribution in [2.45, 2.75) is 33.0 Å². The van der Waals surface area contributed by atoms with Crippen LogP contribution in [0.4, 0.5) is 0 Å². The maximum Gasteiger partial charge on any atom is 0.227 e. The molecule has 2 aliphatic heterocycles. The van der Waals surface area contributed by atoms with E-state index in [1.807, 2.05) is 26.3 Å². The van der Waals surface area contributed by atoms with E-state index in [2.05, 4.69) is 16.8 Å². The Bertz CT molecular complexity index is 890. The smallest absolute Gasteiger partial charge is 0.227 e. The number of ether oxygens (including phenoxy) is 1. The zero-order valence-corrected chi connectivity index (χ0v) is 17.7. The molecule has 2 aliphatic rings. The summed E-state index contributed by atoms with van der Waals surface area (Å²) in [5.74, 6) is 1.17. The molecule has 0 spiro atoms. The predicted molar refractivity (Wildman–Crippen MR) is 112 cm³/mol. The van der Waals surface area contributed by atoms with Gasteiger partial charge in [-0.05, 0) is 50.7 Å². The lowest BCUT2D eigenvalue weighted by Gasteiger charge is -2.36. The van der Waals surface area contributed by atoms with Gasteiger partial charge in [-0.15, -0.1) is 0 Å². The van der Waals surface area contributed by atoms with Crippen molar-refractivity contribution in [3.05, 3.63) is 29.3 Å². The van der Waals surface area contributed by atoms with E-state index in [1.165, 1.54) is 0 Å². The molecule has 2 fully saturated rings. The maximum absolute atomic E-state index is 12.9. The van der Waals surface area contributed by atoms with Crippen molar-refractivity contribution in [2.24, 2.45) is 5.92 Å². The fraction of sp³-hybridized carbons (Fsp3) is 0.600. The van der Waals surface area contributed by atoms with Crippen LogP contribution in [0.3, 0.4) is 0 Å². The molecule has 1 atom stereocenters. The summed E-state index contributed by atoms with van der Waals surface area (Å²) in [5.41, 5.74) is 1.01. The van der Waals surface area contributed by atoms with Crippen LogP contribution in [0, 0.1) is 10.7 Å². The van der Waals surface area contributed by atoms with Crippen LogP contribution in [0.2, 0.25) is 0 Å². The fourth-order valence-corrected chi connectivity index (χ4v) is 4.46. The molecule has 0 radical (unpaired) electrons. The van der Waals surface area contributed by atoms with Crippen molar-refractivity contribution in [3.63, 3.8) is 0 Å². The van der Waals surface area contributed by atoms with Crippen molar-refractivity contribution in [1.82, 2.24) is 29.1 Å². The number of hydrogen-bond donors (Lipinski definition) is 0. The molecule has 0 saturated carbocycles. The highest BCUT2D eigenvalue weighted by Crippen LogP contribution is 2.22. The highest BCUT2D eigenvalue weighted by Gasteiger charge is 2.30. The number of carbonyl (C=O) groups is 1. The molecule has 1 amide bonds. The Labute approximate surface area is 176 Å². The van der Waals surface area contributed by atoms with Crippen LogP contribution in [0.15, 0.2) is 24.5 Å². The Morgan fingerprint density at radius 1 is 1.24 bits per heavy atom. The first-order valence-corrected chi connectivity index (χ1v) is 10.7. The molecule has 0 aliphatic carbocycles. The third-order valence-corrected chi connectivity index (χ3v) is 6.12. The Balaban J connectivity index is 1.48. The standard InChI is InChI=1S/C20H28N6O2S/c1-2-25-18(16-5-7-21-8-6-16)22-26(20(25)29)15-23-9-3-4-17(14-23)19(27)24-10-12-28-13-11-24/h5-8,17H,2-4,9-15H2,1H3. The number of amides is 1. The summed E-state index contributed by atoms with van der Waals surface area (Å²) in [6, 6.07) is 3.90. The van der Waals surface area contributed by atoms with Crippen molar-refractivity contribution in [1.29, 1.82) is 0 Å². The van der Waals surface area contributed by atoms with Crippen molar-refractivity contribution in [2.75, 3.05) is 39.4 Å². The van der Waals surface area contributed by atoms with Gasteiger partial charge in [0.1, 0.15) is 0 Å². The molecule has 0 bridgehead atoms. The Morgan fingerprint density at radius 2 is 2.00 bits per heavy atom. The number of aromatic nitrogens is 4. The highest BCUT2D eigenvalue weighted by atomic mass is 32.1. The topological polar surface area (TPSA) is 68.4 Å². The zero-order valence-electron chi connectivity index (χ0n) is 16.9. The molecule has 29 heavy (non-hydrogen) atoms. The molecule has 2 aromatic heterocycles. The molecule has 156 valence electrons. The van der Waals surface area contributed by atoms with Gasteiger partial charge in [0.05, 0.1) is 25.8 Å². The Morgan fingerprint density at radius 3 is 2.72 bits per heavy atom. The number of morpholine rings is 1. The van der Waals surface area contributed by atoms with E-state index < -0.39 is 0 Å². The quantitative estimate of drug-likeness (QED) is 0.695. The van der Waals surface area contributed by atoms with Crippen LogP contribution in [0.5, 0.6) is 0 Å². The summed E-state index contributed by atoms with van der Waals surface area (Å²) >= 11 is 5.70. The van der Waals surface area contributed by atoms with E-state index in [0.717, 1.165) is 43.9 Å². The summed E-state index contributed by atoms with van der Waals surface area (Å²) in [4.78, 5) is 21.2. The molecule has 8 nitrogen and oxygen atoms in total. The summed E-state index contributed by atoms with van der Waals surface area (Å²) < 4.78 is 10.0. The molecular weight excluding hydrogens is 388 g/mol. The average Bonchev–Trinajstić information content (AvgIpc) is 3.09. The van der Waals surface area contributed by atoms with E-state index in [1.54, 1.807) is 12.4 Å². The van der Waals surface area contributed by atoms with Gasteiger partial charge in [-0.2, -0.15) is 5.10 Å². The van der Waals surface area contributed by atoms with Gasteiger partial charge in [-0.1, -0.05) is 0 Å². The third kappa shape index (κ3) is 4.41. The monoisotopic (exact) mass is 416 g/mol. The summed E-state index contributed by atoms with van der Waals surface area (Å²) in [6.45, 7) is 7.84. The second-order valence-corrected chi connectivity index (χ2v) is 7.95. The van der Waals surface area contributed by atoms with Crippen LogP contribution in [0.1, 0.15) is 19.8 Å². The number of hydrogen-bond acceptors (Lipinski definition) is 6. The van der Waals surface area contributed by atoms with Gasteiger partial charge < -0.3 is 14.2 Å². The number of pyridine rings is 1. The number of carbonyl (C=O) groups excluding carboxylic acids is 1. The van der Waals surface area contributed by atoms with E-state index in [-0.39, 0.29) is 11.8 Å². The number of nitrogens with zero attached hydrogens (tertiary/aromatic N) is 6. The number of piperidine rings is 1. The predicted octanol–water partition coefficient (Wildman–Crippen LogP) is 2.02. The van der Waals surface area contributed by atoms with Crippen LogP contribution in [-0.4, -0.2) is 74.4 Å². The van der Waals surface area contributed by atoms with Gasteiger partial charge in [0.25, 0.3) is 0 Å². The third-order valence-electron chi connectivity index (χ3n) is 5.69. The van der Waals surface area contributed by atoms with E-state index >= 15 is 0 Å². The van der Waals surface area contributed by atoms with Gasteiger partial charge >= 0.3 is 0 Å². The first kappa shape index (κ1) is 20.2. The summed E-state index contributed by atoms with van der Waals surface area (Å²) in [5, 5.41) is 4.80. The minimum absolute atomic E-state index is 0.0453. The lowest BCUT2D eigenvalue weighted by atomic mass is 9.96. The van der Waals surface area contributed by atoms with Crippen LogP contribution in [-0.2, 0) is 22.7 Å². The first-order valence-electron chi connectivity index (χ1n) is 10.3. The van der Waals surface area contributed by atoms with Crippen LogP contribution < -0.4 is 0 Å². The molecule has 1 unspecified atom stereocenters. The van der Waals surface area contributed by atoms with Gasteiger partial charge in [0, 0.05) is 44.1 Å². The molecule has 0 aromatic carbocycles. The van der Waals surface area contributed by atoms with Crippen LogP contribution >= 0.6 is 12.2 Å². The summed E-state index contributed by atoms with van der Waals surface area (Å²) in [6.07, 6.45) is 5.50. The number of likely N-dealkylation sites (tertiary alicyclic amines) is 1. The minimum Gasteiger partial charge on any atom is -0.378 e. The molecule has 0 N–H and O–H groups in total. The highest BCUT2D eigenvalue weighted by molar-refractivity contribution is 7.71. The molecular formula is C20H28N6O2S. The maximum atomic E-state index is 12.9. The van der Waals surface area contributed by atoms with Gasteiger partial charge in [0.2, 0.25) is 5.91 Å². The Kier molecular flexibility index (Phi) is 6.37. The zero-order chi connectivity index (χ0) is 20.2. The molecule has 2 saturated heterocycles. The van der Waals surface area contributed by atoms with Gasteiger partial charge in [-0.3, -0.25) is 14.7 Å². The molecule has 4 heterocycles. The van der Waals surface area contributed by atoms with E-state index in [4.69, 9.17) is 22.1 Å². The number of rotatable bonds is 5. The second-order valence-electron chi connectivity index (χ2n) is 7.58. The molecule has 4 rings (SSSR count). The average molecular weight is 417 g/mol. The SMILES string of the molecule is CCn1c(-c2ccncc2)nn(CN2CCCC(C(=O)N3CCOCC3)C2)c1=S. The summed E-state index contributed by atoms with van der Waals surface area (Å²) in [7, 11) is 0. The normalized spacial score (nSPS) is 20.7. The van der Waals surface area contributed by atoms with Crippen molar-refractivity contribution < 1.29 is 9.53 Å². The second kappa shape index (κ2) is 9.15. The largest absolute Gasteiger partial charge is 0.378 e. The minimum atomic E-state index is 0.0453. The van der Waals surface area contributed by atoms with Gasteiger partial charge in [0.15, 0.2) is 10.6 Å². The lowest BCUT2D eigenvalue weighted by molar-refractivity contribution is -0.141. The van der Waals surface area contributed by atoms with Crippen molar-refractivity contribution in [3.8, 4) is 11.4 Å². The molecule has 2 aromatic rings. The lowest BCUT2D eigenvalue weighted by Crippen LogP contribution is -2.48. The van der Waals surface area contributed by atoms with Crippen molar-refractivity contribution >= 4 is 18.1 Å². The first-order chi connectivity index (χ1) is 14.2.